The Balaban J connectivity index is 1.45. The van der Waals surface area contributed by atoms with Crippen molar-refractivity contribution in [1.82, 2.24) is 10.3 Å². The van der Waals surface area contributed by atoms with Crippen LogP contribution in [0.1, 0.15) is 27.9 Å². The number of pyridine rings is 1. The molecule has 1 aliphatic heterocycles. The van der Waals surface area contributed by atoms with Gasteiger partial charge in [-0.1, -0.05) is 36.4 Å². The lowest BCUT2D eigenvalue weighted by atomic mass is 10.0. The zero-order valence-electron chi connectivity index (χ0n) is 15.6. The van der Waals surface area contributed by atoms with Gasteiger partial charge in [-0.25, -0.2) is 9.37 Å². The van der Waals surface area contributed by atoms with E-state index in [1.54, 1.807) is 30.5 Å². The predicted octanol–water partition coefficient (Wildman–Crippen LogP) is 4.28. The monoisotopic (exact) mass is 375 g/mol. The molecule has 28 heavy (non-hydrogen) atoms. The molecule has 5 heteroatoms. The van der Waals surface area contributed by atoms with E-state index in [1.807, 2.05) is 12.1 Å². The average molecular weight is 375 g/mol. The second-order valence-corrected chi connectivity index (χ2v) is 6.88. The van der Waals surface area contributed by atoms with Crippen LogP contribution in [-0.2, 0) is 12.8 Å². The van der Waals surface area contributed by atoms with E-state index < -0.39 is 0 Å². The van der Waals surface area contributed by atoms with Crippen LogP contribution < -0.4 is 10.2 Å². The Morgan fingerprint density at radius 1 is 1.11 bits per heavy atom. The van der Waals surface area contributed by atoms with E-state index in [-0.39, 0.29) is 11.7 Å². The molecule has 4 nitrogen and oxygen atoms in total. The molecule has 0 aliphatic carbocycles. The van der Waals surface area contributed by atoms with Gasteiger partial charge in [0.2, 0.25) is 0 Å². The van der Waals surface area contributed by atoms with Crippen molar-refractivity contribution in [3.05, 3.63) is 89.4 Å². The van der Waals surface area contributed by atoms with Crippen molar-refractivity contribution in [3.8, 4) is 0 Å². The van der Waals surface area contributed by atoms with Crippen LogP contribution in [0.4, 0.5) is 15.9 Å². The number of aromatic nitrogens is 1. The smallest absolute Gasteiger partial charge is 0.251 e. The number of carbonyl (C=O) groups excluding carboxylic acids is 1. The number of nitrogens with one attached hydrogen (secondary N) is 1. The number of rotatable bonds is 5. The number of hydrogen-bond donors (Lipinski definition) is 1. The van der Waals surface area contributed by atoms with E-state index in [0.717, 1.165) is 30.9 Å². The lowest BCUT2D eigenvalue weighted by Gasteiger charge is -2.30. The van der Waals surface area contributed by atoms with Gasteiger partial charge in [-0.3, -0.25) is 4.79 Å². The Morgan fingerprint density at radius 2 is 1.93 bits per heavy atom. The van der Waals surface area contributed by atoms with E-state index in [2.05, 4.69) is 33.4 Å². The normalized spacial score (nSPS) is 13.1. The molecule has 0 spiro atoms. The van der Waals surface area contributed by atoms with Gasteiger partial charge >= 0.3 is 0 Å². The summed E-state index contributed by atoms with van der Waals surface area (Å²) in [5.41, 5.74) is 3.61. The van der Waals surface area contributed by atoms with Crippen molar-refractivity contribution >= 4 is 17.4 Å². The van der Waals surface area contributed by atoms with Gasteiger partial charge in [-0.05, 0) is 54.7 Å². The summed E-state index contributed by atoms with van der Waals surface area (Å²) >= 11 is 0. The van der Waals surface area contributed by atoms with Gasteiger partial charge in [0.15, 0.2) is 0 Å². The fourth-order valence-electron chi connectivity index (χ4n) is 3.59. The number of aryl methyl sites for hydroxylation is 1. The van der Waals surface area contributed by atoms with Gasteiger partial charge in [-0.2, -0.15) is 0 Å². The maximum Gasteiger partial charge on any atom is 0.251 e. The first-order valence-corrected chi connectivity index (χ1v) is 9.55. The first-order valence-electron chi connectivity index (χ1n) is 9.55. The second kappa shape index (κ2) is 8.21. The lowest BCUT2D eigenvalue weighted by Crippen LogP contribution is -2.28. The fourth-order valence-corrected chi connectivity index (χ4v) is 3.59. The summed E-state index contributed by atoms with van der Waals surface area (Å²) in [4.78, 5) is 19.2. The highest BCUT2D eigenvalue weighted by Crippen LogP contribution is 2.32. The highest BCUT2D eigenvalue weighted by molar-refractivity contribution is 5.95. The molecule has 0 unspecified atom stereocenters. The van der Waals surface area contributed by atoms with Crippen molar-refractivity contribution in [2.45, 2.75) is 19.3 Å². The molecular weight excluding hydrogens is 353 g/mol. The number of benzene rings is 2. The van der Waals surface area contributed by atoms with Gasteiger partial charge in [0.05, 0.1) is 0 Å². The minimum Gasteiger partial charge on any atom is -0.352 e. The van der Waals surface area contributed by atoms with E-state index in [4.69, 9.17) is 0 Å². The summed E-state index contributed by atoms with van der Waals surface area (Å²) in [6.45, 7) is 1.26. The second-order valence-electron chi connectivity index (χ2n) is 6.88. The third kappa shape index (κ3) is 3.88. The Bertz CT molecular complexity index is 989. The van der Waals surface area contributed by atoms with Gasteiger partial charge in [-0.15, -0.1) is 0 Å². The van der Waals surface area contributed by atoms with Crippen LogP contribution in [-0.4, -0.2) is 24.0 Å². The Hall–Kier alpha value is -3.21. The summed E-state index contributed by atoms with van der Waals surface area (Å²) in [6, 6.07) is 18.5. The molecule has 142 valence electrons. The molecular formula is C23H22FN3O. The molecule has 0 saturated carbocycles. The van der Waals surface area contributed by atoms with Crippen LogP contribution in [0.25, 0.3) is 0 Å². The number of hydrogen-bond acceptors (Lipinski definition) is 3. The van der Waals surface area contributed by atoms with Crippen LogP contribution in [0.15, 0.2) is 66.9 Å². The van der Waals surface area contributed by atoms with E-state index in [0.29, 0.717) is 24.1 Å². The summed E-state index contributed by atoms with van der Waals surface area (Å²) < 4.78 is 13.7. The molecule has 3 aromatic rings. The zero-order valence-corrected chi connectivity index (χ0v) is 15.6. The summed E-state index contributed by atoms with van der Waals surface area (Å²) in [7, 11) is 0. The Kier molecular flexibility index (Phi) is 5.33. The van der Waals surface area contributed by atoms with Crippen LogP contribution in [0.5, 0.6) is 0 Å². The number of nitrogens with zero attached hydrogens (tertiary/aromatic N) is 2. The molecule has 0 saturated heterocycles. The minimum atomic E-state index is -0.244. The maximum atomic E-state index is 13.7. The quantitative estimate of drug-likeness (QED) is 0.724. The maximum absolute atomic E-state index is 13.7. The molecule has 0 fully saturated rings. The first kappa shape index (κ1) is 18.2. The summed E-state index contributed by atoms with van der Waals surface area (Å²) in [5.74, 6) is 0.353. The van der Waals surface area contributed by atoms with Crippen LogP contribution >= 0.6 is 0 Å². The summed E-state index contributed by atoms with van der Waals surface area (Å²) in [5, 5.41) is 2.87. The highest BCUT2D eigenvalue weighted by atomic mass is 19.1. The third-order valence-electron chi connectivity index (χ3n) is 5.03. The molecule has 2 aromatic carbocycles. The van der Waals surface area contributed by atoms with Crippen LogP contribution in [0, 0.1) is 5.82 Å². The Morgan fingerprint density at radius 3 is 2.82 bits per heavy atom. The van der Waals surface area contributed by atoms with Gasteiger partial charge in [0.25, 0.3) is 5.91 Å². The number of para-hydroxylation sites is 1. The SMILES string of the molecule is O=C(NCCc1ccccc1F)c1ccnc(N2CCCc3ccccc32)c1. The van der Waals surface area contributed by atoms with E-state index in [9.17, 15) is 9.18 Å². The van der Waals surface area contributed by atoms with E-state index >= 15 is 0 Å². The fraction of sp³-hybridized carbons (Fsp3) is 0.217. The van der Waals surface area contributed by atoms with Gasteiger partial charge in [0, 0.05) is 30.5 Å². The molecule has 1 N–H and O–H groups in total. The van der Waals surface area contributed by atoms with Crippen molar-refractivity contribution in [3.63, 3.8) is 0 Å². The molecule has 2 heterocycles. The number of halogens is 1. The van der Waals surface area contributed by atoms with Crippen molar-refractivity contribution in [2.24, 2.45) is 0 Å². The third-order valence-corrected chi connectivity index (χ3v) is 5.03. The van der Waals surface area contributed by atoms with Gasteiger partial charge < -0.3 is 10.2 Å². The molecule has 1 aromatic heterocycles. The van der Waals surface area contributed by atoms with Crippen molar-refractivity contribution < 1.29 is 9.18 Å². The highest BCUT2D eigenvalue weighted by Gasteiger charge is 2.19. The minimum absolute atomic E-state index is 0.176. The first-order chi connectivity index (χ1) is 13.7. The van der Waals surface area contributed by atoms with E-state index in [1.165, 1.54) is 11.6 Å². The standard InChI is InChI=1S/C23H22FN3O/c24-20-9-3-1-6-17(20)11-14-26-23(28)19-12-13-25-22(16-19)27-15-5-8-18-7-2-4-10-21(18)27/h1-4,6-7,9-10,12-13,16H,5,8,11,14-15H2,(H,26,28). The number of fused-ring (bicyclic) bond motifs is 1. The van der Waals surface area contributed by atoms with Crippen LogP contribution in [0.3, 0.4) is 0 Å². The zero-order chi connectivity index (χ0) is 19.3. The summed E-state index contributed by atoms with van der Waals surface area (Å²) in [6.07, 6.45) is 4.23. The number of anilines is 2. The largest absolute Gasteiger partial charge is 0.352 e. The van der Waals surface area contributed by atoms with Gasteiger partial charge in [0.1, 0.15) is 11.6 Å². The number of amides is 1. The molecule has 0 bridgehead atoms. The predicted molar refractivity (Wildman–Crippen MR) is 108 cm³/mol. The van der Waals surface area contributed by atoms with Crippen molar-refractivity contribution in [1.29, 1.82) is 0 Å². The van der Waals surface area contributed by atoms with Crippen molar-refractivity contribution in [2.75, 3.05) is 18.0 Å². The molecule has 0 atom stereocenters. The molecule has 4 rings (SSSR count). The number of carbonyl (C=O) groups is 1. The topological polar surface area (TPSA) is 45.2 Å². The molecule has 1 amide bonds. The molecule has 0 radical (unpaired) electrons. The molecule has 1 aliphatic rings. The van der Waals surface area contributed by atoms with Crippen LogP contribution in [0.2, 0.25) is 0 Å². The average Bonchev–Trinajstić information content (AvgIpc) is 2.74. The lowest BCUT2D eigenvalue weighted by molar-refractivity contribution is 0.0954. The Labute approximate surface area is 164 Å².